The molecule has 0 aliphatic rings. The van der Waals surface area contributed by atoms with Crippen LogP contribution in [0.5, 0.6) is 5.75 Å². The number of rotatable bonds is 7. The predicted octanol–water partition coefficient (Wildman–Crippen LogP) is 3.27. The predicted molar refractivity (Wildman–Crippen MR) is 99.5 cm³/mol. The topological polar surface area (TPSA) is 74.1 Å². The normalized spacial score (nSPS) is 10.7. The van der Waals surface area contributed by atoms with Gasteiger partial charge in [-0.2, -0.15) is 5.26 Å². The van der Waals surface area contributed by atoms with Crippen LogP contribution in [0.15, 0.2) is 64.8 Å². The number of methoxy groups -OCH3 is 1. The molecule has 0 unspecified atom stereocenters. The van der Waals surface area contributed by atoms with Crippen LogP contribution in [0.25, 0.3) is 0 Å². The quantitative estimate of drug-likeness (QED) is 0.553. The van der Waals surface area contributed by atoms with Crippen LogP contribution in [0.4, 0.5) is 0 Å². The lowest BCUT2D eigenvalue weighted by atomic mass is 10.2. The van der Waals surface area contributed by atoms with Crippen molar-refractivity contribution >= 4 is 21.8 Å². The van der Waals surface area contributed by atoms with Gasteiger partial charge in [0.15, 0.2) is 0 Å². The standard InChI is InChI=1S/C19H18BrN3O2/c1-25-17-8-6-14(7-9-17)11-23-19(24)16(10-21)13-22-12-15-4-2-3-5-18(15)20/h2-9,13,22H,11-12H2,1H3,(H,23,24)/b16-13-. The highest BCUT2D eigenvalue weighted by atomic mass is 79.9. The van der Waals surface area contributed by atoms with E-state index in [4.69, 9.17) is 10.00 Å². The lowest BCUT2D eigenvalue weighted by Crippen LogP contribution is -2.25. The first-order valence-electron chi connectivity index (χ1n) is 7.62. The zero-order valence-electron chi connectivity index (χ0n) is 13.8. The number of hydrogen-bond donors (Lipinski definition) is 2. The van der Waals surface area contributed by atoms with Crippen LogP contribution in [-0.4, -0.2) is 13.0 Å². The molecular formula is C19H18BrN3O2. The molecule has 0 saturated carbocycles. The molecule has 5 nitrogen and oxygen atoms in total. The molecule has 0 saturated heterocycles. The molecule has 0 aromatic heterocycles. The molecule has 0 spiro atoms. The van der Waals surface area contributed by atoms with Gasteiger partial charge in [-0.05, 0) is 29.3 Å². The fourth-order valence-electron chi connectivity index (χ4n) is 2.07. The highest BCUT2D eigenvalue weighted by Crippen LogP contribution is 2.15. The Morgan fingerprint density at radius 2 is 1.92 bits per heavy atom. The van der Waals surface area contributed by atoms with E-state index < -0.39 is 5.91 Å². The zero-order chi connectivity index (χ0) is 18.1. The van der Waals surface area contributed by atoms with Crippen LogP contribution in [-0.2, 0) is 17.9 Å². The SMILES string of the molecule is COc1ccc(CNC(=O)/C(C#N)=C\NCc2ccccc2Br)cc1. The number of nitrogens with zero attached hydrogens (tertiary/aromatic N) is 1. The Bertz CT molecular complexity index is 795. The summed E-state index contributed by atoms with van der Waals surface area (Å²) in [6, 6.07) is 17.0. The number of hydrogen-bond acceptors (Lipinski definition) is 4. The average Bonchev–Trinajstić information content (AvgIpc) is 2.65. The van der Waals surface area contributed by atoms with E-state index in [1.807, 2.05) is 54.6 Å². The minimum atomic E-state index is -0.419. The van der Waals surface area contributed by atoms with Gasteiger partial charge in [0.2, 0.25) is 0 Å². The van der Waals surface area contributed by atoms with E-state index in [-0.39, 0.29) is 5.57 Å². The second-order valence-electron chi connectivity index (χ2n) is 5.17. The molecule has 25 heavy (non-hydrogen) atoms. The second kappa shape index (κ2) is 9.50. The first kappa shape index (κ1) is 18.6. The molecule has 0 atom stereocenters. The van der Waals surface area contributed by atoms with Crippen LogP contribution in [0.1, 0.15) is 11.1 Å². The van der Waals surface area contributed by atoms with E-state index in [0.29, 0.717) is 13.1 Å². The second-order valence-corrected chi connectivity index (χ2v) is 6.03. The van der Waals surface area contributed by atoms with Crippen LogP contribution in [0.3, 0.4) is 0 Å². The van der Waals surface area contributed by atoms with Crippen molar-refractivity contribution in [2.45, 2.75) is 13.1 Å². The molecule has 0 aliphatic carbocycles. The summed E-state index contributed by atoms with van der Waals surface area (Å²) in [6.45, 7) is 0.852. The number of halogens is 1. The van der Waals surface area contributed by atoms with Crippen molar-refractivity contribution < 1.29 is 9.53 Å². The summed E-state index contributed by atoms with van der Waals surface area (Å²) in [5.74, 6) is 0.335. The summed E-state index contributed by atoms with van der Waals surface area (Å²) in [4.78, 5) is 12.1. The molecule has 0 fully saturated rings. The number of carbonyl (C=O) groups excluding carboxylic acids is 1. The minimum Gasteiger partial charge on any atom is -0.497 e. The third kappa shape index (κ3) is 5.66. The molecule has 2 N–H and O–H groups in total. The van der Waals surface area contributed by atoms with Gasteiger partial charge in [0.1, 0.15) is 17.4 Å². The minimum absolute atomic E-state index is 0.0283. The van der Waals surface area contributed by atoms with Crippen LogP contribution < -0.4 is 15.4 Å². The van der Waals surface area contributed by atoms with Crippen molar-refractivity contribution in [1.82, 2.24) is 10.6 Å². The van der Waals surface area contributed by atoms with E-state index in [2.05, 4.69) is 26.6 Å². The summed E-state index contributed by atoms with van der Waals surface area (Å²) in [5.41, 5.74) is 1.99. The van der Waals surface area contributed by atoms with Gasteiger partial charge in [-0.3, -0.25) is 4.79 Å². The van der Waals surface area contributed by atoms with Gasteiger partial charge in [-0.25, -0.2) is 0 Å². The van der Waals surface area contributed by atoms with E-state index in [0.717, 1.165) is 21.3 Å². The first-order valence-corrected chi connectivity index (χ1v) is 8.41. The molecular weight excluding hydrogens is 382 g/mol. The average molecular weight is 400 g/mol. The fraction of sp³-hybridized carbons (Fsp3) is 0.158. The molecule has 0 bridgehead atoms. The van der Waals surface area contributed by atoms with Gasteiger partial charge in [0.25, 0.3) is 5.91 Å². The number of nitrogens with one attached hydrogen (secondary N) is 2. The highest BCUT2D eigenvalue weighted by Gasteiger charge is 2.08. The first-order chi connectivity index (χ1) is 12.1. The number of carbonyl (C=O) groups is 1. The maximum Gasteiger partial charge on any atom is 0.263 e. The maximum atomic E-state index is 12.1. The van der Waals surface area contributed by atoms with Gasteiger partial charge in [-0.15, -0.1) is 0 Å². The molecule has 128 valence electrons. The van der Waals surface area contributed by atoms with Crippen molar-refractivity contribution in [3.63, 3.8) is 0 Å². The lowest BCUT2D eigenvalue weighted by Gasteiger charge is -2.07. The van der Waals surface area contributed by atoms with Crippen molar-refractivity contribution in [3.05, 3.63) is 75.9 Å². The Morgan fingerprint density at radius 1 is 1.20 bits per heavy atom. The Hall–Kier alpha value is -2.78. The molecule has 2 rings (SSSR count). The molecule has 2 aromatic carbocycles. The Labute approximate surface area is 155 Å². The molecule has 6 heteroatoms. The third-order valence-electron chi connectivity index (χ3n) is 3.47. The summed E-state index contributed by atoms with van der Waals surface area (Å²) < 4.78 is 6.06. The molecule has 0 radical (unpaired) electrons. The summed E-state index contributed by atoms with van der Waals surface area (Å²) >= 11 is 3.46. The Kier molecular flexibility index (Phi) is 7.05. The number of benzene rings is 2. The summed E-state index contributed by atoms with van der Waals surface area (Å²) in [6.07, 6.45) is 1.43. The lowest BCUT2D eigenvalue weighted by molar-refractivity contribution is -0.117. The highest BCUT2D eigenvalue weighted by molar-refractivity contribution is 9.10. The summed E-state index contributed by atoms with van der Waals surface area (Å²) in [7, 11) is 1.60. The number of ether oxygens (including phenoxy) is 1. The van der Waals surface area contributed by atoms with Gasteiger partial charge >= 0.3 is 0 Å². The zero-order valence-corrected chi connectivity index (χ0v) is 15.3. The maximum absolute atomic E-state index is 12.1. The van der Waals surface area contributed by atoms with Crippen molar-refractivity contribution in [1.29, 1.82) is 5.26 Å². The fourth-order valence-corrected chi connectivity index (χ4v) is 2.50. The van der Waals surface area contributed by atoms with Crippen molar-refractivity contribution in [2.75, 3.05) is 7.11 Å². The van der Waals surface area contributed by atoms with Crippen LogP contribution >= 0.6 is 15.9 Å². The van der Waals surface area contributed by atoms with E-state index in [1.165, 1.54) is 6.20 Å². The number of amides is 1. The van der Waals surface area contributed by atoms with Crippen LogP contribution in [0, 0.1) is 11.3 Å². The monoisotopic (exact) mass is 399 g/mol. The van der Waals surface area contributed by atoms with Gasteiger partial charge in [0.05, 0.1) is 7.11 Å². The smallest absolute Gasteiger partial charge is 0.263 e. The van der Waals surface area contributed by atoms with Crippen molar-refractivity contribution in [3.8, 4) is 11.8 Å². The summed E-state index contributed by atoms with van der Waals surface area (Å²) in [5, 5.41) is 14.9. The van der Waals surface area contributed by atoms with E-state index >= 15 is 0 Å². The molecule has 0 heterocycles. The molecule has 2 aromatic rings. The van der Waals surface area contributed by atoms with Gasteiger partial charge in [0, 0.05) is 23.8 Å². The van der Waals surface area contributed by atoms with Crippen LogP contribution in [0.2, 0.25) is 0 Å². The largest absolute Gasteiger partial charge is 0.497 e. The Balaban J connectivity index is 1.89. The van der Waals surface area contributed by atoms with Gasteiger partial charge in [-0.1, -0.05) is 46.3 Å². The molecule has 0 aliphatic heterocycles. The third-order valence-corrected chi connectivity index (χ3v) is 4.25. The number of nitriles is 1. The molecule has 1 amide bonds. The van der Waals surface area contributed by atoms with Crippen molar-refractivity contribution in [2.24, 2.45) is 0 Å². The Morgan fingerprint density at radius 3 is 2.56 bits per heavy atom. The van der Waals surface area contributed by atoms with E-state index in [1.54, 1.807) is 7.11 Å². The van der Waals surface area contributed by atoms with Gasteiger partial charge < -0.3 is 15.4 Å². The van der Waals surface area contributed by atoms with E-state index in [9.17, 15) is 4.79 Å².